The van der Waals surface area contributed by atoms with Crippen molar-refractivity contribution in [2.24, 2.45) is 5.41 Å². The van der Waals surface area contributed by atoms with E-state index in [1.807, 2.05) is 11.4 Å². The van der Waals surface area contributed by atoms with Gasteiger partial charge in [-0.2, -0.15) is 0 Å². The minimum atomic E-state index is -0.689. The van der Waals surface area contributed by atoms with Gasteiger partial charge < -0.3 is 19.4 Å². The highest BCUT2D eigenvalue weighted by Gasteiger charge is 2.71. The molecular weight excluding hydrogens is 450 g/mol. The Bertz CT molecular complexity index is 1100. The number of thiazole rings is 1. The second kappa shape index (κ2) is 8.93. The van der Waals surface area contributed by atoms with Crippen molar-refractivity contribution in [1.29, 1.82) is 0 Å². The van der Waals surface area contributed by atoms with Crippen molar-refractivity contribution in [1.82, 2.24) is 10.3 Å². The first kappa shape index (κ1) is 23.5. The Morgan fingerprint density at radius 1 is 1.12 bits per heavy atom. The van der Waals surface area contributed by atoms with Crippen LogP contribution in [0.3, 0.4) is 0 Å². The van der Waals surface area contributed by atoms with Crippen LogP contribution in [0.25, 0.3) is 0 Å². The van der Waals surface area contributed by atoms with E-state index in [0.29, 0.717) is 17.0 Å². The standard InChI is InChI=1S/C25H31N3O3SSi/c1-23(2,3)24(18-11-7-5-8-12-18)17-28(25(24,31-33)19-13-9-6-10-14-19)21-27-20(16-32-21)15-26-22(29)30-4/h5-14,16H,15,17H2,1-4,33H3,(H,26,29). The summed E-state index contributed by atoms with van der Waals surface area (Å²) in [4.78, 5) is 18.6. The van der Waals surface area contributed by atoms with Crippen molar-refractivity contribution < 1.29 is 14.0 Å². The fourth-order valence-corrected chi connectivity index (χ4v) is 6.86. The second-order valence-corrected chi connectivity index (χ2v) is 10.5. The van der Waals surface area contributed by atoms with Gasteiger partial charge in [0.1, 0.15) is 10.5 Å². The highest BCUT2D eigenvalue weighted by atomic mass is 32.1. The molecule has 2 unspecified atom stereocenters. The molecule has 1 aliphatic rings. The Kier molecular flexibility index (Phi) is 6.35. The Hall–Kier alpha value is -2.68. The number of benzene rings is 2. The number of carbonyl (C=O) groups is 1. The average Bonchev–Trinajstić information content (AvgIpc) is 3.26. The molecule has 1 aliphatic heterocycles. The molecule has 0 saturated carbocycles. The van der Waals surface area contributed by atoms with Gasteiger partial charge in [-0.1, -0.05) is 81.4 Å². The van der Waals surface area contributed by atoms with Crippen LogP contribution in [-0.2, 0) is 26.8 Å². The van der Waals surface area contributed by atoms with E-state index in [1.54, 1.807) is 11.3 Å². The first-order chi connectivity index (χ1) is 15.8. The van der Waals surface area contributed by atoms with Gasteiger partial charge in [-0.3, -0.25) is 0 Å². The number of rotatable bonds is 6. The van der Waals surface area contributed by atoms with Gasteiger partial charge in [0.15, 0.2) is 10.9 Å². The number of carbonyl (C=O) groups excluding carboxylic acids is 1. The third-order valence-corrected chi connectivity index (χ3v) is 8.23. The van der Waals surface area contributed by atoms with Crippen LogP contribution >= 0.6 is 11.3 Å². The van der Waals surface area contributed by atoms with Crippen LogP contribution in [0.2, 0.25) is 0 Å². The van der Waals surface area contributed by atoms with Gasteiger partial charge >= 0.3 is 6.09 Å². The number of anilines is 1. The van der Waals surface area contributed by atoms with Crippen molar-refractivity contribution in [3.05, 3.63) is 82.9 Å². The fourth-order valence-electron chi connectivity index (χ4n) is 5.19. The Morgan fingerprint density at radius 2 is 1.73 bits per heavy atom. The zero-order valence-corrected chi connectivity index (χ0v) is 22.6. The predicted molar refractivity (Wildman–Crippen MR) is 135 cm³/mol. The molecule has 1 saturated heterocycles. The first-order valence-electron chi connectivity index (χ1n) is 11.0. The largest absolute Gasteiger partial charge is 0.453 e. The molecule has 8 heteroatoms. The molecule has 2 atom stereocenters. The van der Waals surface area contributed by atoms with E-state index in [1.165, 1.54) is 12.7 Å². The summed E-state index contributed by atoms with van der Waals surface area (Å²) >= 11 is 1.57. The topological polar surface area (TPSA) is 63.7 Å². The Morgan fingerprint density at radius 3 is 2.27 bits per heavy atom. The average molecular weight is 482 g/mol. The monoisotopic (exact) mass is 481 g/mol. The van der Waals surface area contributed by atoms with Crippen LogP contribution in [0.5, 0.6) is 0 Å². The number of alkyl carbamates (subject to hydrolysis) is 1. The third kappa shape index (κ3) is 3.66. The lowest BCUT2D eigenvalue weighted by Crippen LogP contribution is -2.79. The molecule has 2 heterocycles. The van der Waals surface area contributed by atoms with Gasteiger partial charge in [-0.15, -0.1) is 11.3 Å². The number of methoxy groups -OCH3 is 1. The van der Waals surface area contributed by atoms with Crippen LogP contribution < -0.4 is 10.2 Å². The van der Waals surface area contributed by atoms with Crippen molar-refractivity contribution in [2.75, 3.05) is 18.6 Å². The van der Waals surface area contributed by atoms with E-state index >= 15 is 0 Å². The van der Waals surface area contributed by atoms with E-state index < -0.39 is 11.8 Å². The number of aromatic nitrogens is 1. The molecule has 1 fully saturated rings. The van der Waals surface area contributed by atoms with Gasteiger partial charge in [0.2, 0.25) is 0 Å². The molecule has 3 aromatic rings. The highest BCUT2D eigenvalue weighted by Crippen LogP contribution is 2.64. The first-order valence-corrected chi connectivity index (χ1v) is 12.7. The summed E-state index contributed by atoms with van der Waals surface area (Å²) in [5.74, 6) is 0. The zero-order valence-electron chi connectivity index (χ0n) is 19.8. The van der Waals surface area contributed by atoms with E-state index in [2.05, 4.69) is 90.3 Å². The fraction of sp³-hybridized carbons (Fsp3) is 0.360. The van der Waals surface area contributed by atoms with E-state index in [0.717, 1.165) is 22.9 Å². The number of nitrogens with one attached hydrogen (secondary N) is 1. The van der Waals surface area contributed by atoms with Crippen molar-refractivity contribution in [3.63, 3.8) is 0 Å². The van der Waals surface area contributed by atoms with Crippen LogP contribution in [0, 0.1) is 5.41 Å². The summed E-state index contributed by atoms with van der Waals surface area (Å²) in [6.07, 6.45) is -0.467. The summed E-state index contributed by atoms with van der Waals surface area (Å²) in [6, 6.07) is 21.2. The molecule has 1 N–H and O–H groups in total. The number of amides is 1. The predicted octanol–water partition coefficient (Wildman–Crippen LogP) is 3.95. The molecule has 0 aliphatic carbocycles. The van der Waals surface area contributed by atoms with Gasteiger partial charge in [-0.25, -0.2) is 9.78 Å². The summed E-state index contributed by atoms with van der Waals surface area (Å²) < 4.78 is 11.4. The van der Waals surface area contributed by atoms with Gasteiger partial charge in [0.05, 0.1) is 24.8 Å². The molecular formula is C25H31N3O3SSi. The number of hydrogen-bond acceptors (Lipinski definition) is 6. The lowest BCUT2D eigenvalue weighted by Gasteiger charge is -2.70. The quantitative estimate of drug-likeness (QED) is 0.540. The third-order valence-electron chi connectivity index (χ3n) is 6.73. The second-order valence-electron chi connectivity index (χ2n) is 9.29. The lowest BCUT2D eigenvalue weighted by atomic mass is 9.50. The maximum Gasteiger partial charge on any atom is 0.407 e. The molecule has 0 radical (unpaired) electrons. The van der Waals surface area contributed by atoms with Crippen LogP contribution in [-0.4, -0.2) is 35.2 Å². The summed E-state index contributed by atoms with van der Waals surface area (Å²) in [7, 11) is 1.91. The van der Waals surface area contributed by atoms with Gasteiger partial charge in [0, 0.05) is 17.5 Å². The highest BCUT2D eigenvalue weighted by molar-refractivity contribution is 7.13. The molecule has 0 spiro atoms. The lowest BCUT2D eigenvalue weighted by molar-refractivity contribution is -0.130. The van der Waals surface area contributed by atoms with Gasteiger partial charge in [0.25, 0.3) is 0 Å². The van der Waals surface area contributed by atoms with Crippen molar-refractivity contribution in [3.8, 4) is 0 Å². The molecule has 2 aromatic carbocycles. The van der Waals surface area contributed by atoms with Crippen molar-refractivity contribution in [2.45, 2.75) is 38.5 Å². The van der Waals surface area contributed by atoms with Crippen LogP contribution in [0.15, 0.2) is 66.0 Å². The number of nitrogens with zero attached hydrogens (tertiary/aromatic N) is 2. The molecule has 4 rings (SSSR count). The van der Waals surface area contributed by atoms with Crippen LogP contribution in [0.1, 0.15) is 37.6 Å². The van der Waals surface area contributed by atoms with E-state index in [9.17, 15) is 4.79 Å². The van der Waals surface area contributed by atoms with E-state index in [4.69, 9.17) is 9.41 Å². The van der Waals surface area contributed by atoms with E-state index in [-0.39, 0.29) is 10.8 Å². The molecule has 1 aromatic heterocycles. The maximum atomic E-state index is 11.5. The summed E-state index contributed by atoms with van der Waals surface area (Å²) in [6.45, 7) is 7.98. The molecule has 1 amide bonds. The smallest absolute Gasteiger partial charge is 0.407 e. The zero-order chi connectivity index (χ0) is 23.7. The van der Waals surface area contributed by atoms with Gasteiger partial charge in [-0.05, 0) is 11.0 Å². The molecule has 0 bridgehead atoms. The SMILES string of the molecule is COC(=O)NCc1csc(N2CC(c3ccccc3)(C(C)(C)C)C2(O[SiH3])c2ccccc2)n1. The Balaban J connectivity index is 1.84. The normalized spacial score (nSPS) is 22.6. The Labute approximate surface area is 202 Å². The summed E-state index contributed by atoms with van der Waals surface area (Å²) in [5, 5.41) is 5.57. The molecule has 174 valence electrons. The molecule has 33 heavy (non-hydrogen) atoms. The molecule has 6 nitrogen and oxygen atoms in total. The minimum Gasteiger partial charge on any atom is -0.453 e. The maximum absolute atomic E-state index is 11.5. The van der Waals surface area contributed by atoms with Crippen LogP contribution in [0.4, 0.5) is 9.93 Å². The van der Waals surface area contributed by atoms with Crippen molar-refractivity contribution >= 4 is 33.0 Å². The summed E-state index contributed by atoms with van der Waals surface area (Å²) in [5.41, 5.74) is 2.10. The minimum absolute atomic E-state index is 0.0996. The number of ether oxygens (including phenoxy) is 1. The number of hydrogen-bond donors (Lipinski definition) is 1.